The Hall–Kier alpha value is -3.24. The largest absolute Gasteiger partial charge is 0.496 e. The lowest BCUT2D eigenvalue weighted by Gasteiger charge is -2.56. The minimum absolute atomic E-state index is 0.00589. The van der Waals surface area contributed by atoms with Crippen LogP contribution in [0.1, 0.15) is 41.0 Å². The molecule has 0 saturated carbocycles. The van der Waals surface area contributed by atoms with Gasteiger partial charge in [-0.3, -0.25) is 9.69 Å². The maximum absolute atomic E-state index is 12.4. The Morgan fingerprint density at radius 1 is 1.08 bits per heavy atom. The smallest absolute Gasteiger partial charge is 0.320 e. The molecule has 0 aliphatic carbocycles. The van der Waals surface area contributed by atoms with Gasteiger partial charge in [-0.1, -0.05) is 66.7 Å². The number of fused-ring (bicyclic) bond motifs is 3. The van der Waals surface area contributed by atoms with Crippen LogP contribution in [0.15, 0.2) is 78.9 Å². The van der Waals surface area contributed by atoms with Gasteiger partial charge in [0.1, 0.15) is 11.8 Å². The molecule has 39 heavy (non-hydrogen) atoms. The van der Waals surface area contributed by atoms with Gasteiger partial charge in [-0.15, -0.1) is 0 Å². The minimum Gasteiger partial charge on any atom is -0.496 e. The summed E-state index contributed by atoms with van der Waals surface area (Å²) in [6.45, 7) is 1.18. The van der Waals surface area contributed by atoms with Crippen molar-refractivity contribution >= 4 is 16.0 Å². The first kappa shape index (κ1) is 27.3. The van der Waals surface area contributed by atoms with Crippen LogP contribution in [0.4, 0.5) is 0 Å². The molecule has 8 nitrogen and oxygen atoms in total. The van der Waals surface area contributed by atoms with Crippen LogP contribution in [0.5, 0.6) is 5.75 Å². The van der Waals surface area contributed by atoms with E-state index in [1.807, 2.05) is 42.5 Å². The third-order valence-electron chi connectivity index (χ3n) is 8.13. The van der Waals surface area contributed by atoms with Gasteiger partial charge in [0.2, 0.25) is 10.0 Å². The standard InChI is InChI=1S/C30H35N3O5S/c1-38-26-13-12-20(19-39(31,36)37)16-24(26)18-32-28-23-14-15-33(25(17-23)30(34)35)29(28)27(21-8-4-2-5-9-21)22-10-6-3-7-11-22/h2-13,16,23,25,27-29,32H,14-15,17-19H2,1H3,(H,34,35)(H2,31,36,37). The summed E-state index contributed by atoms with van der Waals surface area (Å²) in [5.74, 6) is -0.235. The molecular formula is C30H35N3O5S. The second kappa shape index (κ2) is 11.5. The number of hydrogen-bond acceptors (Lipinski definition) is 6. The van der Waals surface area contributed by atoms with Crippen molar-refractivity contribution in [1.29, 1.82) is 0 Å². The summed E-state index contributed by atoms with van der Waals surface area (Å²) in [4.78, 5) is 14.5. The highest BCUT2D eigenvalue weighted by molar-refractivity contribution is 7.88. The van der Waals surface area contributed by atoms with E-state index < -0.39 is 22.0 Å². The van der Waals surface area contributed by atoms with Crippen molar-refractivity contribution in [2.75, 3.05) is 13.7 Å². The second-order valence-electron chi connectivity index (χ2n) is 10.5. The summed E-state index contributed by atoms with van der Waals surface area (Å²) in [5, 5.41) is 19.2. The number of nitrogens with one attached hydrogen (secondary N) is 1. The number of hydrogen-bond donors (Lipinski definition) is 3. The Bertz CT molecular complexity index is 1360. The summed E-state index contributed by atoms with van der Waals surface area (Å²) < 4.78 is 29.0. The molecule has 2 bridgehead atoms. The highest BCUT2D eigenvalue weighted by atomic mass is 32.2. The van der Waals surface area contributed by atoms with E-state index in [1.165, 1.54) is 0 Å². The molecule has 5 atom stereocenters. The SMILES string of the molecule is COc1ccc(CS(N)(=O)=O)cc1CNC1C2CCN(C(C(=O)O)C2)C1C(c1ccccc1)c1ccccc1. The molecule has 0 amide bonds. The number of sulfonamides is 1. The van der Waals surface area contributed by atoms with E-state index >= 15 is 0 Å². The lowest BCUT2D eigenvalue weighted by atomic mass is 9.68. The van der Waals surface area contributed by atoms with Gasteiger partial charge in [0.05, 0.1) is 12.9 Å². The molecule has 206 valence electrons. The molecule has 0 aromatic heterocycles. The van der Waals surface area contributed by atoms with Gasteiger partial charge in [-0.25, -0.2) is 13.6 Å². The number of carbonyl (C=O) groups is 1. The van der Waals surface area contributed by atoms with Crippen LogP contribution in [0.2, 0.25) is 0 Å². The number of methoxy groups -OCH3 is 1. The van der Waals surface area contributed by atoms with Gasteiger partial charge >= 0.3 is 5.97 Å². The summed E-state index contributed by atoms with van der Waals surface area (Å²) in [7, 11) is -2.08. The van der Waals surface area contributed by atoms with E-state index in [0.717, 1.165) is 29.7 Å². The number of ether oxygens (including phenoxy) is 1. The van der Waals surface area contributed by atoms with Crippen molar-refractivity contribution in [1.82, 2.24) is 10.2 Å². The monoisotopic (exact) mass is 549 g/mol. The van der Waals surface area contributed by atoms with Crippen molar-refractivity contribution in [3.63, 3.8) is 0 Å². The van der Waals surface area contributed by atoms with E-state index in [0.29, 0.717) is 24.3 Å². The number of rotatable bonds is 10. The zero-order chi connectivity index (χ0) is 27.6. The molecule has 3 heterocycles. The zero-order valence-corrected chi connectivity index (χ0v) is 22.8. The first-order valence-corrected chi connectivity index (χ1v) is 14.9. The predicted octanol–water partition coefficient (Wildman–Crippen LogP) is 3.32. The summed E-state index contributed by atoms with van der Waals surface area (Å²) in [6.07, 6.45) is 1.50. The fourth-order valence-corrected chi connectivity index (χ4v) is 7.18. The van der Waals surface area contributed by atoms with E-state index in [2.05, 4.69) is 34.5 Å². The first-order valence-electron chi connectivity index (χ1n) is 13.2. The Morgan fingerprint density at radius 3 is 2.28 bits per heavy atom. The lowest BCUT2D eigenvalue weighted by Crippen LogP contribution is -2.69. The van der Waals surface area contributed by atoms with Gasteiger partial charge in [0.25, 0.3) is 0 Å². The molecule has 5 unspecified atom stereocenters. The van der Waals surface area contributed by atoms with E-state index in [9.17, 15) is 18.3 Å². The van der Waals surface area contributed by atoms with Crippen LogP contribution in [0.25, 0.3) is 0 Å². The average Bonchev–Trinajstić information content (AvgIpc) is 2.93. The molecular weight excluding hydrogens is 514 g/mol. The second-order valence-corrected chi connectivity index (χ2v) is 12.1. The summed E-state index contributed by atoms with van der Waals surface area (Å²) >= 11 is 0. The highest BCUT2D eigenvalue weighted by Crippen LogP contribution is 2.44. The Kier molecular flexibility index (Phi) is 8.04. The fourth-order valence-electron chi connectivity index (χ4n) is 6.54. The topological polar surface area (TPSA) is 122 Å². The van der Waals surface area contributed by atoms with Gasteiger partial charge in [0.15, 0.2) is 0 Å². The summed E-state index contributed by atoms with van der Waals surface area (Å²) in [6, 6.07) is 25.3. The van der Waals surface area contributed by atoms with Crippen LogP contribution in [-0.4, -0.2) is 56.2 Å². The normalized spacial score (nSPS) is 24.5. The maximum Gasteiger partial charge on any atom is 0.320 e. The van der Waals surface area contributed by atoms with Crippen molar-refractivity contribution in [2.45, 2.75) is 49.2 Å². The molecule has 3 aromatic carbocycles. The zero-order valence-electron chi connectivity index (χ0n) is 21.9. The number of piperidine rings is 3. The van der Waals surface area contributed by atoms with E-state index in [1.54, 1.807) is 19.2 Å². The minimum atomic E-state index is -3.67. The number of primary sulfonamides is 1. The number of carboxylic acids is 1. The highest BCUT2D eigenvalue weighted by Gasteiger charge is 2.52. The van der Waals surface area contributed by atoms with E-state index in [-0.39, 0.29) is 29.7 Å². The number of carboxylic acid groups (broad SMARTS) is 1. The Morgan fingerprint density at radius 2 is 1.72 bits per heavy atom. The van der Waals surface area contributed by atoms with Crippen LogP contribution >= 0.6 is 0 Å². The molecule has 6 rings (SSSR count). The molecule has 3 aliphatic heterocycles. The number of nitrogens with two attached hydrogens (primary N) is 1. The molecule has 3 aromatic rings. The first-order chi connectivity index (χ1) is 18.7. The predicted molar refractivity (Wildman–Crippen MR) is 150 cm³/mol. The Labute approximate surface area is 229 Å². The van der Waals surface area contributed by atoms with Crippen LogP contribution in [0.3, 0.4) is 0 Å². The van der Waals surface area contributed by atoms with Gasteiger partial charge < -0.3 is 15.2 Å². The summed E-state index contributed by atoms with van der Waals surface area (Å²) in [5.41, 5.74) is 3.72. The van der Waals surface area contributed by atoms with Crippen molar-refractivity contribution in [2.24, 2.45) is 11.1 Å². The molecule has 3 fully saturated rings. The number of nitrogens with zero attached hydrogens (tertiary/aromatic N) is 1. The molecule has 3 aliphatic rings. The van der Waals surface area contributed by atoms with Gasteiger partial charge in [-0.2, -0.15) is 0 Å². The number of benzene rings is 3. The van der Waals surface area contributed by atoms with E-state index in [4.69, 9.17) is 9.88 Å². The van der Waals surface area contributed by atoms with Crippen molar-refractivity contribution in [3.05, 3.63) is 101 Å². The Balaban J connectivity index is 1.52. The lowest BCUT2D eigenvalue weighted by molar-refractivity contribution is -0.152. The van der Waals surface area contributed by atoms with Crippen LogP contribution < -0.4 is 15.2 Å². The van der Waals surface area contributed by atoms with Crippen molar-refractivity contribution < 1.29 is 23.1 Å². The van der Waals surface area contributed by atoms with Crippen LogP contribution in [0, 0.1) is 5.92 Å². The maximum atomic E-state index is 12.4. The fraction of sp³-hybridized carbons (Fsp3) is 0.367. The van der Waals surface area contributed by atoms with Gasteiger partial charge in [0, 0.05) is 30.1 Å². The molecule has 0 spiro atoms. The molecule has 4 N–H and O–H groups in total. The molecule has 3 saturated heterocycles. The molecule has 0 radical (unpaired) electrons. The van der Waals surface area contributed by atoms with Crippen LogP contribution in [-0.2, 0) is 27.1 Å². The number of aliphatic carboxylic acids is 1. The third-order valence-corrected chi connectivity index (χ3v) is 8.86. The third kappa shape index (κ3) is 6.01. The molecule has 9 heteroatoms. The average molecular weight is 550 g/mol. The quantitative estimate of drug-likeness (QED) is 0.355. The van der Waals surface area contributed by atoms with Crippen molar-refractivity contribution in [3.8, 4) is 5.75 Å². The van der Waals surface area contributed by atoms with Gasteiger partial charge in [-0.05, 0) is 54.1 Å².